The third kappa shape index (κ3) is 1.72. The molecule has 0 spiro atoms. The zero-order valence-electron chi connectivity index (χ0n) is 8.78. The first-order valence-corrected chi connectivity index (χ1v) is 5.40. The van der Waals surface area contributed by atoms with E-state index in [1.54, 1.807) is 7.05 Å². The lowest BCUT2D eigenvalue weighted by Crippen LogP contribution is -1.98. The Bertz CT molecular complexity index is 598. The molecule has 1 aromatic carbocycles. The topological polar surface area (TPSA) is 84.3 Å². The summed E-state index contributed by atoms with van der Waals surface area (Å²) in [6.07, 6.45) is 1.42. The maximum Gasteiger partial charge on any atom is 0.195 e. The Morgan fingerprint density at radius 3 is 2.53 bits per heavy atom. The maximum atomic E-state index is 13.3. The molecule has 0 aliphatic carbocycles. The molecule has 2 aromatic rings. The van der Waals surface area contributed by atoms with Crippen molar-refractivity contribution in [3.8, 4) is 22.6 Å². The summed E-state index contributed by atoms with van der Waals surface area (Å²) >= 11 is 2.95. The van der Waals surface area contributed by atoms with E-state index in [4.69, 9.17) is 5.73 Å². The van der Waals surface area contributed by atoms with Crippen molar-refractivity contribution < 1.29 is 14.6 Å². The monoisotopic (exact) mass is 301 g/mol. The van der Waals surface area contributed by atoms with Crippen LogP contribution < -0.4 is 5.73 Å². The van der Waals surface area contributed by atoms with Crippen LogP contribution >= 0.6 is 15.9 Å². The highest BCUT2D eigenvalue weighted by Crippen LogP contribution is 2.43. The molecule has 0 fully saturated rings. The van der Waals surface area contributed by atoms with Crippen LogP contribution in [0.15, 0.2) is 16.7 Å². The molecule has 0 unspecified atom stereocenters. The third-order valence-electron chi connectivity index (χ3n) is 2.44. The molecule has 1 heterocycles. The van der Waals surface area contributed by atoms with Crippen molar-refractivity contribution in [2.45, 2.75) is 0 Å². The van der Waals surface area contributed by atoms with Gasteiger partial charge in [0.2, 0.25) is 0 Å². The molecule has 0 aliphatic rings. The number of nitrogens with two attached hydrogens (primary N) is 1. The van der Waals surface area contributed by atoms with E-state index in [1.807, 2.05) is 0 Å². The fourth-order valence-electron chi connectivity index (χ4n) is 1.46. The van der Waals surface area contributed by atoms with Gasteiger partial charge in [0.1, 0.15) is 5.82 Å². The number of phenols is 2. The number of anilines is 1. The van der Waals surface area contributed by atoms with Gasteiger partial charge in [-0.25, -0.2) is 4.39 Å². The number of nitrogen functional groups attached to an aromatic ring is 1. The third-order valence-corrected chi connectivity index (χ3v) is 3.02. The fraction of sp³-hybridized carbons (Fsp3) is 0.100. The molecule has 1 aromatic heterocycles. The normalized spacial score (nSPS) is 10.8. The van der Waals surface area contributed by atoms with Gasteiger partial charge in [0.05, 0.1) is 10.7 Å². The summed E-state index contributed by atoms with van der Waals surface area (Å²) in [6, 6.07) is 1.33. The summed E-state index contributed by atoms with van der Waals surface area (Å²) in [6.45, 7) is 0. The molecule has 0 atom stereocenters. The summed E-state index contributed by atoms with van der Waals surface area (Å²) in [5.41, 5.74) is 6.37. The Kier molecular flexibility index (Phi) is 2.70. The van der Waals surface area contributed by atoms with Crippen LogP contribution in [0.5, 0.6) is 11.5 Å². The van der Waals surface area contributed by atoms with Gasteiger partial charge in [-0.2, -0.15) is 5.10 Å². The number of hydrogen-bond donors (Lipinski definition) is 3. The molecule has 2 rings (SSSR count). The number of nitrogens with zero attached hydrogens (tertiary/aromatic N) is 2. The molecule has 4 N–H and O–H groups in total. The number of halogens is 2. The maximum absolute atomic E-state index is 13.3. The second-order valence-corrected chi connectivity index (χ2v) is 4.34. The average Bonchev–Trinajstić information content (AvgIpc) is 2.62. The van der Waals surface area contributed by atoms with Crippen LogP contribution in [-0.2, 0) is 7.05 Å². The van der Waals surface area contributed by atoms with Gasteiger partial charge in [-0.05, 0) is 22.0 Å². The van der Waals surface area contributed by atoms with Crippen molar-refractivity contribution in [3.05, 3.63) is 22.6 Å². The summed E-state index contributed by atoms with van der Waals surface area (Å²) in [4.78, 5) is 0. The van der Waals surface area contributed by atoms with Crippen molar-refractivity contribution in [1.29, 1.82) is 0 Å². The molecule has 7 heteroatoms. The molecule has 0 saturated carbocycles. The number of aromatic hydroxyl groups is 2. The van der Waals surface area contributed by atoms with Crippen LogP contribution in [0.25, 0.3) is 11.1 Å². The van der Waals surface area contributed by atoms with Crippen LogP contribution in [0.2, 0.25) is 0 Å². The van der Waals surface area contributed by atoms with Gasteiger partial charge >= 0.3 is 0 Å². The summed E-state index contributed by atoms with van der Waals surface area (Å²) in [5, 5.41) is 23.0. The Morgan fingerprint density at radius 1 is 1.35 bits per heavy atom. The van der Waals surface area contributed by atoms with E-state index in [0.29, 0.717) is 11.4 Å². The molecule has 0 bridgehead atoms. The van der Waals surface area contributed by atoms with E-state index >= 15 is 0 Å². The molecule has 0 aliphatic heterocycles. The van der Waals surface area contributed by atoms with Gasteiger partial charge in [-0.3, -0.25) is 4.68 Å². The zero-order chi connectivity index (χ0) is 12.7. The van der Waals surface area contributed by atoms with Gasteiger partial charge in [0.15, 0.2) is 17.3 Å². The van der Waals surface area contributed by atoms with Crippen LogP contribution in [0, 0.1) is 5.82 Å². The average molecular weight is 302 g/mol. The fourth-order valence-corrected chi connectivity index (χ4v) is 1.88. The van der Waals surface area contributed by atoms with Crippen LogP contribution in [-0.4, -0.2) is 20.0 Å². The first-order valence-electron chi connectivity index (χ1n) is 4.61. The number of hydrogen-bond acceptors (Lipinski definition) is 4. The smallest absolute Gasteiger partial charge is 0.195 e. The number of aryl methyl sites for hydroxylation is 1. The van der Waals surface area contributed by atoms with E-state index in [0.717, 1.165) is 0 Å². The molecule has 5 nitrogen and oxygen atoms in total. The highest BCUT2D eigenvalue weighted by Gasteiger charge is 2.19. The summed E-state index contributed by atoms with van der Waals surface area (Å²) < 4.78 is 14.7. The second-order valence-electron chi connectivity index (χ2n) is 3.48. The van der Waals surface area contributed by atoms with Crippen molar-refractivity contribution >= 4 is 21.7 Å². The Morgan fingerprint density at radius 2 is 2.00 bits per heavy atom. The van der Waals surface area contributed by atoms with Gasteiger partial charge < -0.3 is 15.9 Å². The Balaban J connectivity index is 2.73. The van der Waals surface area contributed by atoms with E-state index < -0.39 is 17.3 Å². The summed E-state index contributed by atoms with van der Waals surface area (Å²) in [5.74, 6) is -2.00. The highest BCUT2D eigenvalue weighted by molar-refractivity contribution is 9.10. The zero-order valence-corrected chi connectivity index (χ0v) is 10.4. The van der Waals surface area contributed by atoms with E-state index in [-0.39, 0.29) is 10.0 Å². The SMILES string of the molecule is Cn1ncc(-c2cc(Br)c(F)c(O)c2O)c1N. The minimum atomic E-state index is -0.922. The van der Waals surface area contributed by atoms with Crippen molar-refractivity contribution in [2.75, 3.05) is 5.73 Å². The van der Waals surface area contributed by atoms with Gasteiger partial charge in [0.25, 0.3) is 0 Å². The molecule has 0 saturated heterocycles. The van der Waals surface area contributed by atoms with Crippen molar-refractivity contribution in [2.24, 2.45) is 7.05 Å². The molecule has 0 radical (unpaired) electrons. The van der Waals surface area contributed by atoms with Gasteiger partial charge in [-0.15, -0.1) is 0 Å². The predicted molar refractivity (Wildman–Crippen MR) is 64.0 cm³/mol. The lowest BCUT2D eigenvalue weighted by molar-refractivity contribution is 0.379. The quantitative estimate of drug-likeness (QED) is 0.703. The van der Waals surface area contributed by atoms with E-state index in [9.17, 15) is 14.6 Å². The summed E-state index contributed by atoms with van der Waals surface area (Å²) in [7, 11) is 1.63. The lowest BCUT2D eigenvalue weighted by atomic mass is 10.1. The molecule has 90 valence electrons. The van der Waals surface area contributed by atoms with Crippen molar-refractivity contribution in [1.82, 2.24) is 9.78 Å². The number of aromatic nitrogens is 2. The molecular formula is C10H9BrFN3O2. The van der Waals surface area contributed by atoms with Gasteiger partial charge in [0, 0.05) is 18.2 Å². The molecular weight excluding hydrogens is 293 g/mol. The Labute approximate surface area is 104 Å². The van der Waals surface area contributed by atoms with Crippen LogP contribution in [0.4, 0.5) is 10.2 Å². The highest BCUT2D eigenvalue weighted by atomic mass is 79.9. The van der Waals surface area contributed by atoms with Crippen molar-refractivity contribution in [3.63, 3.8) is 0 Å². The standard InChI is InChI=1S/C10H9BrFN3O2/c1-15-10(13)5(3-14-15)4-2-6(11)7(12)9(17)8(4)16/h2-3,16-17H,13H2,1H3. The molecule has 17 heavy (non-hydrogen) atoms. The molecule has 0 amide bonds. The van der Waals surface area contributed by atoms with E-state index in [1.165, 1.54) is 16.9 Å². The second kappa shape index (κ2) is 3.92. The lowest BCUT2D eigenvalue weighted by Gasteiger charge is -2.08. The number of benzene rings is 1. The van der Waals surface area contributed by atoms with Gasteiger partial charge in [-0.1, -0.05) is 0 Å². The number of rotatable bonds is 1. The van der Waals surface area contributed by atoms with E-state index in [2.05, 4.69) is 21.0 Å². The van der Waals surface area contributed by atoms with Crippen LogP contribution in [0.1, 0.15) is 0 Å². The first kappa shape index (κ1) is 11.7. The van der Waals surface area contributed by atoms with Crippen LogP contribution in [0.3, 0.4) is 0 Å². The minimum Gasteiger partial charge on any atom is -0.504 e. The minimum absolute atomic E-state index is 0.0334. The Hall–Kier alpha value is -1.76. The largest absolute Gasteiger partial charge is 0.504 e. The first-order chi connectivity index (χ1) is 7.93. The predicted octanol–water partition coefficient (Wildman–Crippen LogP) is 1.98. The number of phenolic OH excluding ortho intramolecular Hbond substituents is 2.